The van der Waals surface area contributed by atoms with Crippen LogP contribution in [0, 0.1) is 10.1 Å². The van der Waals surface area contributed by atoms with Gasteiger partial charge in [0.05, 0.1) is 4.92 Å². The van der Waals surface area contributed by atoms with Gasteiger partial charge in [-0.15, -0.1) is 0 Å². The van der Waals surface area contributed by atoms with Gasteiger partial charge in [0.1, 0.15) is 0 Å². The minimum absolute atomic E-state index is 0.0163. The maximum atomic E-state index is 11.8. The second kappa shape index (κ2) is 8.76. The topological polar surface area (TPSA) is 92.6 Å². The molecule has 0 bridgehead atoms. The fourth-order valence-electron chi connectivity index (χ4n) is 1.83. The van der Waals surface area contributed by atoms with Gasteiger partial charge in [0.2, 0.25) is 5.91 Å². The van der Waals surface area contributed by atoms with Crippen molar-refractivity contribution in [3.63, 3.8) is 0 Å². The lowest BCUT2D eigenvalue weighted by Crippen LogP contribution is -2.32. The molecule has 0 aliphatic rings. The van der Waals surface area contributed by atoms with Crippen molar-refractivity contribution in [3.05, 3.63) is 39.9 Å². The molecular weight excluding hydrogens is 286 g/mol. The minimum atomic E-state index is -0.521. The highest BCUT2D eigenvalue weighted by atomic mass is 16.6. The lowest BCUT2D eigenvalue weighted by Gasteiger charge is -2.16. The van der Waals surface area contributed by atoms with E-state index >= 15 is 0 Å². The van der Waals surface area contributed by atoms with E-state index in [-0.39, 0.29) is 30.5 Å². The maximum absolute atomic E-state index is 11.8. The first kappa shape index (κ1) is 17.6. The fourth-order valence-corrected chi connectivity index (χ4v) is 1.83. The molecule has 120 valence electrons. The molecule has 0 aromatic heterocycles. The van der Waals surface area contributed by atoms with Gasteiger partial charge < -0.3 is 10.2 Å². The molecule has 1 aromatic rings. The molecule has 1 rings (SSSR count). The molecule has 0 saturated heterocycles. The van der Waals surface area contributed by atoms with Gasteiger partial charge in [-0.25, -0.2) is 0 Å². The zero-order chi connectivity index (χ0) is 16.5. The predicted molar refractivity (Wildman–Crippen MR) is 82.6 cm³/mol. The van der Waals surface area contributed by atoms with E-state index in [1.165, 1.54) is 24.3 Å². The van der Waals surface area contributed by atoms with Gasteiger partial charge in [-0.05, 0) is 18.6 Å². The lowest BCUT2D eigenvalue weighted by atomic mass is 10.2. The van der Waals surface area contributed by atoms with Crippen LogP contribution in [0.2, 0.25) is 0 Å². The van der Waals surface area contributed by atoms with Crippen LogP contribution in [0.1, 0.15) is 36.5 Å². The monoisotopic (exact) mass is 307 g/mol. The van der Waals surface area contributed by atoms with Gasteiger partial charge in [-0.3, -0.25) is 19.7 Å². The van der Waals surface area contributed by atoms with E-state index in [1.807, 2.05) is 0 Å². The van der Waals surface area contributed by atoms with Crippen LogP contribution < -0.4 is 5.32 Å². The number of nitrogens with one attached hydrogen (secondary N) is 1. The van der Waals surface area contributed by atoms with Crippen molar-refractivity contribution < 1.29 is 14.5 Å². The van der Waals surface area contributed by atoms with E-state index in [1.54, 1.807) is 11.9 Å². The molecule has 0 saturated carbocycles. The van der Waals surface area contributed by atoms with Gasteiger partial charge in [-0.1, -0.05) is 13.3 Å². The first-order chi connectivity index (χ1) is 10.5. The molecule has 0 radical (unpaired) electrons. The summed E-state index contributed by atoms with van der Waals surface area (Å²) in [4.78, 5) is 35.3. The van der Waals surface area contributed by atoms with Crippen LogP contribution in [0.3, 0.4) is 0 Å². The van der Waals surface area contributed by atoms with E-state index in [0.29, 0.717) is 12.1 Å². The van der Waals surface area contributed by atoms with Crippen molar-refractivity contribution in [1.29, 1.82) is 0 Å². The van der Waals surface area contributed by atoms with Gasteiger partial charge in [0.25, 0.3) is 11.6 Å². The number of unbranched alkanes of at least 4 members (excludes halogenated alkanes) is 1. The largest absolute Gasteiger partial charge is 0.352 e. The quantitative estimate of drug-likeness (QED) is 0.587. The van der Waals surface area contributed by atoms with Crippen molar-refractivity contribution in [2.45, 2.75) is 26.2 Å². The van der Waals surface area contributed by atoms with Crippen molar-refractivity contribution in [2.24, 2.45) is 0 Å². The Hall–Kier alpha value is -2.44. The van der Waals surface area contributed by atoms with Crippen LogP contribution in [-0.4, -0.2) is 41.8 Å². The number of nitrogens with zero attached hydrogens (tertiary/aromatic N) is 2. The predicted octanol–water partition coefficient (Wildman–Crippen LogP) is 1.97. The highest BCUT2D eigenvalue weighted by Crippen LogP contribution is 2.11. The number of rotatable bonds is 8. The average molecular weight is 307 g/mol. The molecule has 0 heterocycles. The molecule has 0 fully saturated rings. The molecule has 0 aliphatic heterocycles. The Morgan fingerprint density at radius 2 is 1.91 bits per heavy atom. The van der Waals surface area contributed by atoms with Crippen molar-refractivity contribution in [1.82, 2.24) is 10.2 Å². The summed E-state index contributed by atoms with van der Waals surface area (Å²) in [6, 6.07) is 5.34. The molecule has 0 atom stereocenters. The third-order valence-corrected chi connectivity index (χ3v) is 3.24. The van der Waals surface area contributed by atoms with Crippen LogP contribution in [-0.2, 0) is 4.79 Å². The fraction of sp³-hybridized carbons (Fsp3) is 0.467. The van der Waals surface area contributed by atoms with Gasteiger partial charge in [0, 0.05) is 44.3 Å². The zero-order valence-corrected chi connectivity index (χ0v) is 12.9. The molecular formula is C15H21N3O4. The van der Waals surface area contributed by atoms with Crippen LogP contribution in [0.25, 0.3) is 0 Å². The van der Waals surface area contributed by atoms with Crippen LogP contribution in [0.4, 0.5) is 5.69 Å². The SMILES string of the molecule is CCCCN(C)C(=O)CCNC(=O)c1ccc([N+](=O)[O-])cc1. The average Bonchev–Trinajstić information content (AvgIpc) is 2.52. The number of nitro groups is 1. The second-order valence-electron chi connectivity index (χ2n) is 4.98. The Balaban J connectivity index is 2.39. The summed E-state index contributed by atoms with van der Waals surface area (Å²) in [5.74, 6) is -0.364. The number of non-ortho nitro benzene ring substituents is 1. The van der Waals surface area contributed by atoms with E-state index in [9.17, 15) is 19.7 Å². The van der Waals surface area contributed by atoms with Crippen LogP contribution >= 0.6 is 0 Å². The number of nitro benzene ring substituents is 1. The molecule has 1 N–H and O–H groups in total. The Bertz CT molecular complexity index is 528. The minimum Gasteiger partial charge on any atom is -0.352 e. The van der Waals surface area contributed by atoms with Crippen LogP contribution in [0.15, 0.2) is 24.3 Å². The first-order valence-corrected chi connectivity index (χ1v) is 7.22. The Labute approximate surface area is 129 Å². The lowest BCUT2D eigenvalue weighted by molar-refractivity contribution is -0.384. The van der Waals surface area contributed by atoms with Gasteiger partial charge in [-0.2, -0.15) is 0 Å². The summed E-state index contributed by atoms with van der Waals surface area (Å²) in [6.45, 7) is 3.01. The third kappa shape index (κ3) is 5.51. The Kier molecular flexibility index (Phi) is 7.01. The van der Waals surface area contributed by atoms with Crippen molar-refractivity contribution in [3.8, 4) is 0 Å². The number of hydrogen-bond donors (Lipinski definition) is 1. The van der Waals surface area contributed by atoms with Crippen molar-refractivity contribution in [2.75, 3.05) is 20.1 Å². The van der Waals surface area contributed by atoms with E-state index in [2.05, 4.69) is 12.2 Å². The van der Waals surface area contributed by atoms with Crippen molar-refractivity contribution >= 4 is 17.5 Å². The van der Waals surface area contributed by atoms with E-state index in [0.717, 1.165) is 12.8 Å². The zero-order valence-electron chi connectivity index (χ0n) is 12.9. The van der Waals surface area contributed by atoms with E-state index < -0.39 is 4.92 Å². The molecule has 7 heteroatoms. The molecule has 7 nitrogen and oxygen atoms in total. The number of amides is 2. The second-order valence-corrected chi connectivity index (χ2v) is 4.98. The summed E-state index contributed by atoms with van der Waals surface area (Å²) in [7, 11) is 1.75. The van der Waals surface area contributed by atoms with Crippen LogP contribution in [0.5, 0.6) is 0 Å². The molecule has 1 aromatic carbocycles. The van der Waals surface area contributed by atoms with Gasteiger partial charge in [0.15, 0.2) is 0 Å². The van der Waals surface area contributed by atoms with Gasteiger partial charge >= 0.3 is 0 Å². The molecule has 0 unspecified atom stereocenters. The summed E-state index contributed by atoms with van der Waals surface area (Å²) < 4.78 is 0. The first-order valence-electron chi connectivity index (χ1n) is 7.22. The summed E-state index contributed by atoms with van der Waals surface area (Å²) in [6.07, 6.45) is 2.21. The molecule has 0 spiro atoms. The summed E-state index contributed by atoms with van der Waals surface area (Å²) in [5.41, 5.74) is 0.265. The maximum Gasteiger partial charge on any atom is 0.269 e. The molecule has 22 heavy (non-hydrogen) atoms. The number of benzene rings is 1. The Morgan fingerprint density at radius 3 is 2.45 bits per heavy atom. The number of carbonyl (C=O) groups excluding carboxylic acids is 2. The van der Waals surface area contributed by atoms with E-state index in [4.69, 9.17) is 0 Å². The normalized spacial score (nSPS) is 10.1. The molecule has 0 aliphatic carbocycles. The number of hydrogen-bond acceptors (Lipinski definition) is 4. The third-order valence-electron chi connectivity index (χ3n) is 3.24. The number of carbonyl (C=O) groups is 2. The molecule has 2 amide bonds. The standard InChI is InChI=1S/C15H21N3O4/c1-3-4-11-17(2)14(19)9-10-16-15(20)12-5-7-13(8-6-12)18(21)22/h5-8H,3-4,9-11H2,1-2H3,(H,16,20). The highest BCUT2D eigenvalue weighted by Gasteiger charge is 2.11. The summed E-state index contributed by atoms with van der Waals surface area (Å²) in [5, 5.41) is 13.2. The Morgan fingerprint density at radius 1 is 1.27 bits per heavy atom. The highest BCUT2D eigenvalue weighted by molar-refractivity contribution is 5.94. The summed E-state index contributed by atoms with van der Waals surface area (Å²) >= 11 is 0. The smallest absolute Gasteiger partial charge is 0.269 e.